The minimum Gasteiger partial charge on any atom is -0.293 e. The number of aromatic nitrogens is 4. The number of nitrogens with zero attached hydrogens (tertiary/aromatic N) is 3. The van der Waals surface area contributed by atoms with E-state index in [1.54, 1.807) is 6.20 Å². The standard InChI is InChI=1S/C16H18N4O/c1-9(2)13-10(3)18-15-14(12-7-5-6-8-17-12)11(4)19-20(15)16(13)21/h5-9,19H,1-4H3. The highest BCUT2D eigenvalue weighted by Crippen LogP contribution is 2.25. The Bertz CT molecular complexity index is 859. The Morgan fingerprint density at radius 1 is 1.24 bits per heavy atom. The third kappa shape index (κ3) is 2.05. The molecule has 0 aliphatic rings. The molecule has 0 amide bonds. The van der Waals surface area contributed by atoms with E-state index in [9.17, 15) is 4.79 Å². The van der Waals surface area contributed by atoms with Crippen molar-refractivity contribution < 1.29 is 0 Å². The molecular weight excluding hydrogens is 264 g/mol. The van der Waals surface area contributed by atoms with Gasteiger partial charge in [-0.2, -0.15) is 0 Å². The molecule has 0 bridgehead atoms. The summed E-state index contributed by atoms with van der Waals surface area (Å²) < 4.78 is 1.53. The van der Waals surface area contributed by atoms with Gasteiger partial charge in [0, 0.05) is 23.1 Å². The van der Waals surface area contributed by atoms with Gasteiger partial charge in [-0.05, 0) is 31.9 Å². The van der Waals surface area contributed by atoms with Gasteiger partial charge in [-0.1, -0.05) is 19.9 Å². The molecule has 108 valence electrons. The highest BCUT2D eigenvalue weighted by Gasteiger charge is 2.19. The summed E-state index contributed by atoms with van der Waals surface area (Å²) in [6.07, 6.45) is 1.74. The van der Waals surface area contributed by atoms with Crippen LogP contribution < -0.4 is 5.56 Å². The lowest BCUT2D eigenvalue weighted by atomic mass is 10.0. The maximum Gasteiger partial charge on any atom is 0.276 e. The minimum atomic E-state index is -0.0298. The van der Waals surface area contributed by atoms with E-state index in [1.165, 1.54) is 4.52 Å². The van der Waals surface area contributed by atoms with Crippen molar-refractivity contribution in [1.82, 2.24) is 19.6 Å². The van der Waals surface area contributed by atoms with Crippen molar-refractivity contribution in [3.8, 4) is 11.3 Å². The zero-order chi connectivity index (χ0) is 15.1. The van der Waals surface area contributed by atoms with E-state index >= 15 is 0 Å². The predicted octanol–water partition coefficient (Wildman–Crippen LogP) is 2.82. The van der Waals surface area contributed by atoms with Crippen LogP contribution in [0.2, 0.25) is 0 Å². The summed E-state index contributed by atoms with van der Waals surface area (Å²) in [7, 11) is 0. The zero-order valence-electron chi connectivity index (χ0n) is 12.6. The Morgan fingerprint density at radius 3 is 2.62 bits per heavy atom. The second-order valence-electron chi connectivity index (χ2n) is 5.56. The van der Waals surface area contributed by atoms with Crippen molar-refractivity contribution in [2.75, 3.05) is 0 Å². The molecule has 0 atom stereocenters. The average molecular weight is 282 g/mol. The topological polar surface area (TPSA) is 63.1 Å². The van der Waals surface area contributed by atoms with Crippen LogP contribution in [0.1, 0.15) is 36.7 Å². The van der Waals surface area contributed by atoms with E-state index < -0.39 is 0 Å². The van der Waals surface area contributed by atoms with Gasteiger partial charge >= 0.3 is 0 Å². The van der Waals surface area contributed by atoms with Gasteiger partial charge in [-0.25, -0.2) is 9.50 Å². The molecule has 5 nitrogen and oxygen atoms in total. The first kappa shape index (κ1) is 13.5. The Kier molecular flexibility index (Phi) is 3.12. The number of nitrogens with one attached hydrogen (secondary N) is 1. The Hall–Kier alpha value is -2.43. The van der Waals surface area contributed by atoms with Crippen molar-refractivity contribution in [3.05, 3.63) is 51.7 Å². The fraction of sp³-hybridized carbons (Fsp3) is 0.312. The molecular formula is C16H18N4O. The van der Waals surface area contributed by atoms with Crippen LogP contribution in [0.4, 0.5) is 0 Å². The van der Waals surface area contributed by atoms with E-state index in [0.717, 1.165) is 28.2 Å². The van der Waals surface area contributed by atoms with Gasteiger partial charge in [0.2, 0.25) is 0 Å². The fourth-order valence-corrected chi connectivity index (χ4v) is 2.79. The molecule has 3 heterocycles. The van der Waals surface area contributed by atoms with Crippen LogP contribution in [0, 0.1) is 13.8 Å². The molecule has 0 saturated heterocycles. The molecule has 0 fully saturated rings. The smallest absolute Gasteiger partial charge is 0.276 e. The first-order valence-electron chi connectivity index (χ1n) is 7.04. The largest absolute Gasteiger partial charge is 0.293 e. The summed E-state index contributed by atoms with van der Waals surface area (Å²) in [5.74, 6) is 0.142. The number of pyridine rings is 1. The van der Waals surface area contributed by atoms with Gasteiger partial charge in [-0.15, -0.1) is 0 Å². The SMILES string of the molecule is Cc1nc2c(-c3ccccn3)c(C)[nH]n2c(=O)c1C(C)C. The first-order valence-corrected chi connectivity index (χ1v) is 7.04. The first-order chi connectivity index (χ1) is 10.0. The Labute approximate surface area is 122 Å². The number of aromatic amines is 1. The van der Waals surface area contributed by atoms with Gasteiger partial charge in [0.1, 0.15) is 0 Å². The maximum absolute atomic E-state index is 12.7. The maximum atomic E-state index is 12.7. The third-order valence-electron chi connectivity index (χ3n) is 3.69. The molecule has 21 heavy (non-hydrogen) atoms. The van der Waals surface area contributed by atoms with E-state index in [1.807, 2.05) is 45.9 Å². The monoisotopic (exact) mass is 282 g/mol. The second kappa shape index (κ2) is 4.84. The molecule has 3 rings (SSSR count). The van der Waals surface area contributed by atoms with Gasteiger partial charge in [0.15, 0.2) is 5.65 Å². The lowest BCUT2D eigenvalue weighted by Gasteiger charge is -2.08. The molecule has 5 heteroatoms. The molecule has 0 spiro atoms. The lowest BCUT2D eigenvalue weighted by Crippen LogP contribution is -2.22. The third-order valence-corrected chi connectivity index (χ3v) is 3.69. The highest BCUT2D eigenvalue weighted by molar-refractivity contribution is 5.77. The zero-order valence-corrected chi connectivity index (χ0v) is 12.6. The summed E-state index contributed by atoms with van der Waals surface area (Å²) in [6, 6.07) is 5.72. The Balaban J connectivity index is 2.40. The molecule has 0 aliphatic heterocycles. The van der Waals surface area contributed by atoms with E-state index in [4.69, 9.17) is 0 Å². The number of hydrogen-bond donors (Lipinski definition) is 1. The van der Waals surface area contributed by atoms with E-state index in [-0.39, 0.29) is 11.5 Å². The number of H-pyrrole nitrogens is 1. The number of aryl methyl sites for hydroxylation is 2. The molecule has 3 aromatic rings. The van der Waals surface area contributed by atoms with Crippen LogP contribution in [0.5, 0.6) is 0 Å². The molecule has 0 aromatic carbocycles. The molecule has 1 N–H and O–H groups in total. The van der Waals surface area contributed by atoms with Gasteiger partial charge in [0.25, 0.3) is 5.56 Å². The van der Waals surface area contributed by atoms with Crippen LogP contribution in [0.25, 0.3) is 16.9 Å². The van der Waals surface area contributed by atoms with Crippen molar-refractivity contribution in [3.63, 3.8) is 0 Å². The molecule has 3 aromatic heterocycles. The average Bonchev–Trinajstić information content (AvgIpc) is 2.76. The van der Waals surface area contributed by atoms with Crippen molar-refractivity contribution in [1.29, 1.82) is 0 Å². The van der Waals surface area contributed by atoms with Crippen LogP contribution in [-0.4, -0.2) is 19.6 Å². The number of rotatable bonds is 2. The summed E-state index contributed by atoms with van der Waals surface area (Å²) in [4.78, 5) is 21.7. The molecule has 0 radical (unpaired) electrons. The molecule has 0 saturated carbocycles. The van der Waals surface area contributed by atoms with Gasteiger partial charge < -0.3 is 0 Å². The van der Waals surface area contributed by atoms with Crippen molar-refractivity contribution in [2.24, 2.45) is 0 Å². The van der Waals surface area contributed by atoms with Crippen LogP contribution in [0.3, 0.4) is 0 Å². The minimum absolute atomic E-state index is 0.0298. The van der Waals surface area contributed by atoms with Gasteiger partial charge in [-0.3, -0.25) is 14.9 Å². The molecule has 0 unspecified atom stereocenters. The van der Waals surface area contributed by atoms with E-state index in [0.29, 0.717) is 5.65 Å². The second-order valence-corrected chi connectivity index (χ2v) is 5.56. The lowest BCUT2D eigenvalue weighted by molar-refractivity contribution is 0.776. The number of fused-ring (bicyclic) bond motifs is 1. The summed E-state index contributed by atoms with van der Waals surface area (Å²) in [5.41, 5.74) is 4.73. The molecule has 0 aliphatic carbocycles. The van der Waals surface area contributed by atoms with Crippen LogP contribution in [0.15, 0.2) is 29.2 Å². The van der Waals surface area contributed by atoms with Crippen LogP contribution in [-0.2, 0) is 0 Å². The summed E-state index contributed by atoms with van der Waals surface area (Å²) in [6.45, 7) is 7.84. The van der Waals surface area contributed by atoms with Gasteiger partial charge in [0.05, 0.1) is 11.3 Å². The van der Waals surface area contributed by atoms with Crippen LogP contribution >= 0.6 is 0 Å². The summed E-state index contributed by atoms with van der Waals surface area (Å²) in [5, 5.41) is 3.12. The Morgan fingerprint density at radius 2 is 2.00 bits per heavy atom. The van der Waals surface area contributed by atoms with E-state index in [2.05, 4.69) is 15.1 Å². The number of hydrogen-bond acceptors (Lipinski definition) is 3. The quantitative estimate of drug-likeness (QED) is 0.786. The normalized spacial score (nSPS) is 11.5. The predicted molar refractivity (Wildman–Crippen MR) is 82.6 cm³/mol. The van der Waals surface area contributed by atoms with Crippen molar-refractivity contribution >= 4 is 5.65 Å². The summed E-state index contributed by atoms with van der Waals surface area (Å²) >= 11 is 0. The fourth-order valence-electron chi connectivity index (χ4n) is 2.79. The van der Waals surface area contributed by atoms with Crippen molar-refractivity contribution in [2.45, 2.75) is 33.6 Å². The highest BCUT2D eigenvalue weighted by atomic mass is 16.1.